The smallest absolute Gasteiger partial charge is 0.310 e. The van der Waals surface area contributed by atoms with Gasteiger partial charge in [-0.05, 0) is 31.4 Å². The van der Waals surface area contributed by atoms with Gasteiger partial charge in [0, 0.05) is 25.6 Å². The molecule has 1 aromatic rings. The van der Waals surface area contributed by atoms with Crippen molar-refractivity contribution in [2.24, 2.45) is 0 Å². The molecule has 3 heterocycles. The molecule has 3 saturated heterocycles. The van der Waals surface area contributed by atoms with Crippen LogP contribution in [0.5, 0.6) is 0 Å². The third-order valence-electron chi connectivity index (χ3n) is 6.03. The maximum absolute atomic E-state index is 13.5. The standard InChI is InChI=1S/C22H26N4O7/c1-32-22-15(12-18(28)33-22)24-20(30)16-8-5-11-25-17(27)10-9-14(21(31)26(16)25)23-19(29)13-6-3-2-4-7-13/h2-4,6-7,14-16,22H,5,8-12H2,1H3,(H,23,29)(H,24,30). The first kappa shape index (κ1) is 22.7. The van der Waals surface area contributed by atoms with Crippen molar-refractivity contribution in [3.05, 3.63) is 35.9 Å². The van der Waals surface area contributed by atoms with E-state index >= 15 is 0 Å². The molecule has 4 unspecified atom stereocenters. The molecule has 4 atom stereocenters. The Morgan fingerprint density at radius 3 is 2.58 bits per heavy atom. The second-order valence-electron chi connectivity index (χ2n) is 8.20. The fourth-order valence-corrected chi connectivity index (χ4v) is 4.38. The lowest BCUT2D eigenvalue weighted by molar-refractivity contribution is -0.177. The summed E-state index contributed by atoms with van der Waals surface area (Å²) >= 11 is 0. The van der Waals surface area contributed by atoms with Crippen LogP contribution in [-0.4, -0.2) is 77.7 Å². The van der Waals surface area contributed by atoms with E-state index < -0.39 is 48.1 Å². The number of esters is 1. The Hall–Kier alpha value is -3.47. The highest BCUT2D eigenvalue weighted by molar-refractivity contribution is 5.99. The monoisotopic (exact) mass is 458 g/mol. The molecule has 11 nitrogen and oxygen atoms in total. The number of carbonyl (C=O) groups is 5. The second-order valence-corrected chi connectivity index (χ2v) is 8.20. The van der Waals surface area contributed by atoms with Gasteiger partial charge in [-0.25, -0.2) is 5.01 Å². The molecule has 3 fully saturated rings. The normalized spacial score (nSPS) is 27.5. The molecule has 4 rings (SSSR count). The first-order chi connectivity index (χ1) is 15.9. The van der Waals surface area contributed by atoms with Crippen LogP contribution >= 0.6 is 0 Å². The summed E-state index contributed by atoms with van der Waals surface area (Å²) in [6.45, 7) is 0.305. The molecule has 0 spiro atoms. The summed E-state index contributed by atoms with van der Waals surface area (Å²) in [6, 6.07) is 5.84. The van der Waals surface area contributed by atoms with Crippen molar-refractivity contribution in [1.82, 2.24) is 20.7 Å². The van der Waals surface area contributed by atoms with E-state index in [1.807, 2.05) is 0 Å². The van der Waals surface area contributed by atoms with E-state index in [1.54, 1.807) is 30.3 Å². The molecule has 0 aromatic heterocycles. The Kier molecular flexibility index (Phi) is 6.59. The van der Waals surface area contributed by atoms with E-state index in [4.69, 9.17) is 9.47 Å². The largest absolute Gasteiger partial charge is 0.433 e. The minimum absolute atomic E-state index is 0.0523. The summed E-state index contributed by atoms with van der Waals surface area (Å²) in [4.78, 5) is 63.6. The van der Waals surface area contributed by atoms with Gasteiger partial charge in [0.15, 0.2) is 0 Å². The highest BCUT2D eigenvalue weighted by Gasteiger charge is 2.46. The van der Waals surface area contributed by atoms with Gasteiger partial charge in [0.25, 0.3) is 11.8 Å². The number of amides is 4. The van der Waals surface area contributed by atoms with Gasteiger partial charge in [-0.1, -0.05) is 18.2 Å². The van der Waals surface area contributed by atoms with Crippen molar-refractivity contribution >= 4 is 29.6 Å². The zero-order chi connectivity index (χ0) is 23.5. The van der Waals surface area contributed by atoms with Gasteiger partial charge in [-0.15, -0.1) is 0 Å². The number of cyclic esters (lactones) is 1. The Bertz CT molecular complexity index is 953. The van der Waals surface area contributed by atoms with E-state index in [9.17, 15) is 24.0 Å². The van der Waals surface area contributed by atoms with E-state index in [2.05, 4.69) is 10.6 Å². The number of nitrogens with one attached hydrogen (secondary N) is 2. The van der Waals surface area contributed by atoms with Crippen molar-refractivity contribution in [3.63, 3.8) is 0 Å². The molecule has 11 heteroatoms. The molecule has 4 amide bonds. The molecule has 33 heavy (non-hydrogen) atoms. The van der Waals surface area contributed by atoms with Crippen LogP contribution in [-0.2, 0) is 28.7 Å². The number of hydrazine groups is 1. The quantitative estimate of drug-likeness (QED) is 0.580. The van der Waals surface area contributed by atoms with Crippen LogP contribution in [0, 0.1) is 0 Å². The number of ether oxygens (including phenoxy) is 2. The van der Waals surface area contributed by atoms with Crippen molar-refractivity contribution in [1.29, 1.82) is 0 Å². The van der Waals surface area contributed by atoms with Gasteiger partial charge >= 0.3 is 5.97 Å². The molecule has 0 bridgehead atoms. The third-order valence-corrected chi connectivity index (χ3v) is 6.03. The van der Waals surface area contributed by atoms with Crippen LogP contribution in [0.15, 0.2) is 30.3 Å². The van der Waals surface area contributed by atoms with Gasteiger partial charge in [0.05, 0.1) is 6.42 Å². The Morgan fingerprint density at radius 1 is 1.09 bits per heavy atom. The number of hydrogen-bond donors (Lipinski definition) is 2. The fraction of sp³-hybridized carbons (Fsp3) is 0.500. The summed E-state index contributed by atoms with van der Waals surface area (Å²) in [6.07, 6.45) is 0.0907. The van der Waals surface area contributed by atoms with Crippen molar-refractivity contribution in [3.8, 4) is 0 Å². The molecule has 3 aliphatic rings. The molecule has 2 N–H and O–H groups in total. The van der Waals surface area contributed by atoms with Crippen molar-refractivity contribution in [2.45, 2.75) is 56.5 Å². The summed E-state index contributed by atoms with van der Waals surface area (Å²) in [5.41, 5.74) is 0.391. The van der Waals surface area contributed by atoms with Crippen LogP contribution in [0.1, 0.15) is 42.5 Å². The number of fused-ring (bicyclic) bond motifs is 1. The molecule has 1 aromatic carbocycles. The summed E-state index contributed by atoms with van der Waals surface area (Å²) < 4.78 is 10.1. The number of benzene rings is 1. The third kappa shape index (κ3) is 4.68. The van der Waals surface area contributed by atoms with E-state index in [0.29, 0.717) is 24.9 Å². The van der Waals surface area contributed by atoms with Crippen molar-refractivity contribution < 1.29 is 33.4 Å². The number of rotatable bonds is 5. The SMILES string of the molecule is COC1OC(=O)CC1NC(=O)C1CCCN2C(=O)CCC(NC(=O)c3ccccc3)C(=O)N12. The second kappa shape index (κ2) is 9.57. The number of carbonyl (C=O) groups excluding carboxylic acids is 5. The van der Waals surface area contributed by atoms with E-state index in [1.165, 1.54) is 17.1 Å². The number of nitrogens with zero attached hydrogens (tertiary/aromatic N) is 2. The van der Waals surface area contributed by atoms with Gasteiger partial charge in [0.1, 0.15) is 18.1 Å². The fourth-order valence-electron chi connectivity index (χ4n) is 4.38. The summed E-state index contributed by atoms with van der Waals surface area (Å²) in [7, 11) is 1.36. The molecule has 3 aliphatic heterocycles. The van der Waals surface area contributed by atoms with Crippen LogP contribution in [0.2, 0.25) is 0 Å². The van der Waals surface area contributed by atoms with Gasteiger partial charge in [-0.2, -0.15) is 0 Å². The molecule has 0 radical (unpaired) electrons. The molecular weight excluding hydrogens is 432 g/mol. The van der Waals surface area contributed by atoms with Crippen molar-refractivity contribution in [2.75, 3.05) is 13.7 Å². The van der Waals surface area contributed by atoms with Crippen LogP contribution in [0.4, 0.5) is 0 Å². The minimum Gasteiger partial charge on any atom is -0.433 e. The molecule has 176 valence electrons. The van der Waals surface area contributed by atoms with Gasteiger partial charge < -0.3 is 20.1 Å². The first-order valence-electron chi connectivity index (χ1n) is 10.9. The van der Waals surface area contributed by atoms with Crippen LogP contribution < -0.4 is 10.6 Å². The van der Waals surface area contributed by atoms with Gasteiger partial charge in [0.2, 0.25) is 18.1 Å². The summed E-state index contributed by atoms with van der Waals surface area (Å²) in [5, 5.41) is 7.90. The highest BCUT2D eigenvalue weighted by atomic mass is 16.7. The van der Waals surface area contributed by atoms with E-state index in [-0.39, 0.29) is 25.2 Å². The van der Waals surface area contributed by atoms with Crippen LogP contribution in [0.3, 0.4) is 0 Å². The lowest BCUT2D eigenvalue weighted by Gasteiger charge is -2.43. The zero-order valence-electron chi connectivity index (χ0n) is 18.2. The van der Waals surface area contributed by atoms with Crippen LogP contribution in [0.25, 0.3) is 0 Å². The molecular formula is C22H26N4O7. The average Bonchev–Trinajstić information content (AvgIpc) is 3.14. The highest BCUT2D eigenvalue weighted by Crippen LogP contribution is 2.26. The average molecular weight is 458 g/mol. The Labute approximate surface area is 190 Å². The maximum Gasteiger partial charge on any atom is 0.310 e. The Balaban J connectivity index is 1.53. The molecule has 0 saturated carbocycles. The van der Waals surface area contributed by atoms with E-state index in [0.717, 1.165) is 0 Å². The molecule has 0 aliphatic carbocycles. The topological polar surface area (TPSA) is 134 Å². The summed E-state index contributed by atoms with van der Waals surface area (Å²) in [5.74, 6) is -2.25. The maximum atomic E-state index is 13.5. The van der Waals surface area contributed by atoms with Gasteiger partial charge in [-0.3, -0.25) is 29.0 Å². The lowest BCUT2D eigenvalue weighted by Crippen LogP contribution is -2.64. The minimum atomic E-state index is -0.961. The Morgan fingerprint density at radius 2 is 1.85 bits per heavy atom. The first-order valence-corrected chi connectivity index (χ1v) is 10.9. The predicted octanol–water partition coefficient (Wildman–Crippen LogP) is -0.282. The number of hydrogen-bond acceptors (Lipinski definition) is 7. The number of methoxy groups -OCH3 is 1. The predicted molar refractivity (Wildman–Crippen MR) is 112 cm³/mol. The lowest BCUT2D eigenvalue weighted by atomic mass is 10.0. The zero-order valence-corrected chi connectivity index (χ0v) is 18.2.